The molecule has 1 saturated carbocycles. The molecular weight excluding hydrogens is 654 g/mol. The predicted octanol–water partition coefficient (Wildman–Crippen LogP) is 7.72. The summed E-state index contributed by atoms with van der Waals surface area (Å²) in [4.78, 5) is 24.7. The fourth-order valence-electron chi connectivity index (χ4n) is 3.67. The molecule has 0 radical (unpaired) electrons. The van der Waals surface area contributed by atoms with Gasteiger partial charge in [-0.05, 0) is 54.8 Å². The first-order valence-corrected chi connectivity index (χ1v) is 12.2. The smallest absolute Gasteiger partial charge is 0.345 e. The SMILES string of the molecule is O=C(NC1(C(=O)NCC(F)(F)F)CC1)c1ccc(/C(F)=C/C(c2cc(Cl)cc(Br)c2)C(F)(F)F)cc1C(F)(F)F. The molecule has 0 aliphatic heterocycles. The number of carbonyl (C=O) groups excluding carboxylic acids is 2. The van der Waals surface area contributed by atoms with Crippen LogP contribution in [-0.2, 0) is 11.0 Å². The van der Waals surface area contributed by atoms with Gasteiger partial charge in [-0.25, -0.2) is 4.39 Å². The largest absolute Gasteiger partial charge is 0.417 e. The lowest BCUT2D eigenvalue weighted by atomic mass is 9.95. The van der Waals surface area contributed by atoms with Crippen LogP contribution in [0.5, 0.6) is 0 Å². The van der Waals surface area contributed by atoms with Gasteiger partial charge < -0.3 is 10.6 Å². The Hall–Kier alpha value is -2.81. The van der Waals surface area contributed by atoms with Gasteiger partial charge in [0.1, 0.15) is 23.8 Å². The summed E-state index contributed by atoms with van der Waals surface area (Å²) in [6.45, 7) is -1.73. The Balaban J connectivity index is 1.94. The van der Waals surface area contributed by atoms with Gasteiger partial charge in [0.05, 0.1) is 11.1 Å². The van der Waals surface area contributed by atoms with Crippen LogP contribution in [0, 0.1) is 0 Å². The van der Waals surface area contributed by atoms with E-state index in [9.17, 15) is 53.5 Å². The second-order valence-corrected chi connectivity index (χ2v) is 10.2. The maximum absolute atomic E-state index is 15.0. The van der Waals surface area contributed by atoms with E-state index >= 15 is 0 Å². The second-order valence-electron chi connectivity index (χ2n) is 8.83. The monoisotopic (exact) mass is 668 g/mol. The Morgan fingerprint density at radius 3 is 2.12 bits per heavy atom. The van der Waals surface area contributed by atoms with Crippen LogP contribution in [0.15, 0.2) is 46.9 Å². The summed E-state index contributed by atoms with van der Waals surface area (Å²) in [6, 6.07) is 4.40. The summed E-state index contributed by atoms with van der Waals surface area (Å²) in [7, 11) is 0. The molecule has 1 aliphatic carbocycles. The van der Waals surface area contributed by atoms with Crippen molar-refractivity contribution in [2.24, 2.45) is 0 Å². The van der Waals surface area contributed by atoms with Gasteiger partial charge in [0.15, 0.2) is 0 Å². The fourth-order valence-corrected chi connectivity index (χ4v) is 4.56. The van der Waals surface area contributed by atoms with Crippen LogP contribution >= 0.6 is 27.5 Å². The minimum absolute atomic E-state index is 0.0531. The minimum atomic E-state index is -5.31. The molecule has 2 amide bonds. The quantitative estimate of drug-likeness (QED) is 0.297. The molecule has 1 atom stereocenters. The normalized spacial score (nSPS) is 16.4. The Kier molecular flexibility index (Phi) is 8.90. The third kappa shape index (κ3) is 7.89. The number of alkyl halides is 9. The third-order valence-corrected chi connectivity index (χ3v) is 6.42. The molecule has 0 spiro atoms. The van der Waals surface area contributed by atoms with Crippen LogP contribution in [-0.4, -0.2) is 36.3 Å². The molecule has 2 N–H and O–H groups in total. The summed E-state index contributed by atoms with van der Waals surface area (Å²) in [5.41, 5.74) is -6.19. The number of benzene rings is 2. The average Bonchev–Trinajstić information content (AvgIpc) is 3.58. The zero-order valence-electron chi connectivity index (χ0n) is 19.6. The number of hydrogen-bond donors (Lipinski definition) is 2. The molecule has 2 aromatic carbocycles. The fraction of sp³-hybridized carbons (Fsp3) is 0.333. The van der Waals surface area contributed by atoms with Gasteiger partial charge in [-0.3, -0.25) is 9.59 Å². The number of amides is 2. The van der Waals surface area contributed by atoms with Crippen LogP contribution in [0.2, 0.25) is 5.02 Å². The molecule has 2 aromatic rings. The van der Waals surface area contributed by atoms with E-state index in [1.54, 1.807) is 5.32 Å². The van der Waals surface area contributed by atoms with E-state index in [0.29, 0.717) is 12.1 Å². The number of allylic oxidation sites excluding steroid dienone is 1. The molecule has 218 valence electrons. The molecule has 0 saturated heterocycles. The van der Waals surface area contributed by atoms with Crippen molar-refractivity contribution in [1.82, 2.24) is 10.6 Å². The average molecular weight is 670 g/mol. The lowest BCUT2D eigenvalue weighted by Gasteiger charge is -2.20. The summed E-state index contributed by atoms with van der Waals surface area (Å²) >= 11 is 8.73. The van der Waals surface area contributed by atoms with Crippen molar-refractivity contribution < 1.29 is 53.5 Å². The number of rotatable bonds is 7. The van der Waals surface area contributed by atoms with E-state index in [2.05, 4.69) is 15.9 Å². The van der Waals surface area contributed by atoms with Crippen molar-refractivity contribution in [3.8, 4) is 0 Å². The van der Waals surface area contributed by atoms with Crippen LogP contribution in [0.25, 0.3) is 5.83 Å². The lowest BCUT2D eigenvalue weighted by molar-refractivity contribution is -0.140. The van der Waals surface area contributed by atoms with E-state index in [4.69, 9.17) is 11.6 Å². The summed E-state index contributed by atoms with van der Waals surface area (Å²) in [5.74, 6) is -7.06. The summed E-state index contributed by atoms with van der Waals surface area (Å²) in [6.07, 6.45) is -15.4. The number of nitrogens with one attached hydrogen (secondary N) is 2. The first-order chi connectivity index (χ1) is 18.2. The third-order valence-electron chi connectivity index (χ3n) is 5.74. The molecule has 0 heterocycles. The molecule has 1 unspecified atom stereocenters. The van der Waals surface area contributed by atoms with Crippen molar-refractivity contribution in [2.45, 2.75) is 42.8 Å². The minimum Gasteiger partial charge on any atom is -0.345 e. The van der Waals surface area contributed by atoms with Crippen LogP contribution in [0.1, 0.15) is 45.8 Å². The predicted molar refractivity (Wildman–Crippen MR) is 127 cm³/mol. The Bertz CT molecular complexity index is 1310. The van der Waals surface area contributed by atoms with Crippen LogP contribution in [0.4, 0.5) is 43.9 Å². The first-order valence-electron chi connectivity index (χ1n) is 11.0. The number of hydrogen-bond acceptors (Lipinski definition) is 2. The van der Waals surface area contributed by atoms with Crippen molar-refractivity contribution in [3.63, 3.8) is 0 Å². The number of carbonyl (C=O) groups is 2. The van der Waals surface area contributed by atoms with Gasteiger partial charge in [-0.2, -0.15) is 39.5 Å². The van der Waals surface area contributed by atoms with E-state index in [-0.39, 0.29) is 34.5 Å². The Morgan fingerprint density at radius 1 is 1.00 bits per heavy atom. The van der Waals surface area contributed by atoms with E-state index < -0.39 is 76.4 Å². The molecule has 40 heavy (non-hydrogen) atoms. The Labute approximate surface area is 232 Å². The standard InChI is InChI=1S/C24H16BrClF10N2O2/c25-13-5-12(6-14(26)8-13)16(23(31,32)33)9-18(27)11-1-2-15(17(7-11)24(34,35)36)19(39)38-21(3-4-21)20(40)37-10-22(28,29)30/h1-2,5-9,16H,3-4,10H2,(H,37,40)(H,38,39)/b18-9-. The first kappa shape index (κ1) is 31.7. The molecule has 4 nitrogen and oxygen atoms in total. The molecule has 1 aliphatic rings. The van der Waals surface area contributed by atoms with E-state index in [0.717, 1.165) is 12.1 Å². The zero-order valence-corrected chi connectivity index (χ0v) is 21.9. The Morgan fingerprint density at radius 2 is 1.62 bits per heavy atom. The zero-order chi connectivity index (χ0) is 30.3. The number of halogens is 12. The maximum atomic E-state index is 15.0. The lowest BCUT2D eigenvalue weighted by Crippen LogP contribution is -2.51. The highest BCUT2D eigenvalue weighted by molar-refractivity contribution is 9.10. The second kappa shape index (κ2) is 11.2. The van der Waals surface area contributed by atoms with Gasteiger partial charge in [0.25, 0.3) is 5.91 Å². The molecule has 0 aromatic heterocycles. The van der Waals surface area contributed by atoms with Crippen LogP contribution < -0.4 is 10.6 Å². The summed E-state index contributed by atoms with van der Waals surface area (Å²) < 4.78 is 135. The van der Waals surface area contributed by atoms with E-state index in [1.807, 2.05) is 5.32 Å². The maximum Gasteiger partial charge on any atom is 0.417 e. The van der Waals surface area contributed by atoms with Crippen molar-refractivity contribution >= 4 is 45.2 Å². The van der Waals surface area contributed by atoms with Gasteiger partial charge in [-0.15, -0.1) is 0 Å². The van der Waals surface area contributed by atoms with Gasteiger partial charge in [0, 0.05) is 15.1 Å². The molecular formula is C24H16BrClF10N2O2. The van der Waals surface area contributed by atoms with Crippen molar-refractivity contribution in [3.05, 3.63) is 74.2 Å². The summed E-state index contributed by atoms with van der Waals surface area (Å²) in [5, 5.41) is 3.39. The van der Waals surface area contributed by atoms with Crippen molar-refractivity contribution in [2.75, 3.05) is 6.54 Å². The highest BCUT2D eigenvalue weighted by Gasteiger charge is 2.52. The molecule has 1 fully saturated rings. The van der Waals surface area contributed by atoms with Gasteiger partial charge in [0.2, 0.25) is 5.91 Å². The highest BCUT2D eigenvalue weighted by Crippen LogP contribution is 2.42. The van der Waals surface area contributed by atoms with Gasteiger partial charge >= 0.3 is 18.5 Å². The van der Waals surface area contributed by atoms with Crippen LogP contribution in [0.3, 0.4) is 0 Å². The molecule has 0 bridgehead atoms. The van der Waals surface area contributed by atoms with Gasteiger partial charge in [-0.1, -0.05) is 33.6 Å². The topological polar surface area (TPSA) is 58.2 Å². The molecule has 16 heteroatoms. The van der Waals surface area contributed by atoms with Crippen molar-refractivity contribution in [1.29, 1.82) is 0 Å². The van der Waals surface area contributed by atoms with E-state index in [1.165, 1.54) is 6.07 Å². The highest BCUT2D eigenvalue weighted by atomic mass is 79.9. The molecule has 3 rings (SSSR count).